The van der Waals surface area contributed by atoms with Crippen LogP contribution in [-0.4, -0.2) is 21.6 Å². The van der Waals surface area contributed by atoms with Crippen LogP contribution in [0.3, 0.4) is 0 Å². The monoisotopic (exact) mass is 258 g/mol. The molecule has 0 aliphatic carbocycles. The minimum atomic E-state index is 0.450. The molecule has 0 bridgehead atoms. The number of thioether (sulfide) groups is 1. The van der Waals surface area contributed by atoms with Crippen LogP contribution in [0.2, 0.25) is 0 Å². The molecule has 2 nitrogen and oxygen atoms in total. The zero-order valence-electron chi connectivity index (χ0n) is 10.3. The number of nitrogens with zero attached hydrogens (tertiary/aromatic N) is 2. The van der Waals surface area contributed by atoms with E-state index < -0.39 is 0 Å². The van der Waals surface area contributed by atoms with Gasteiger partial charge in [-0.15, -0.1) is 11.6 Å². The zero-order chi connectivity index (χ0) is 12.1. The molecule has 0 amide bonds. The van der Waals surface area contributed by atoms with Crippen LogP contribution in [0.25, 0.3) is 0 Å². The van der Waals surface area contributed by atoms with Gasteiger partial charge < -0.3 is 0 Å². The van der Waals surface area contributed by atoms with Crippen molar-refractivity contribution in [1.82, 2.24) is 9.97 Å². The maximum absolute atomic E-state index is 5.78. The van der Waals surface area contributed by atoms with Crippen LogP contribution in [0.15, 0.2) is 11.2 Å². The topological polar surface area (TPSA) is 25.8 Å². The molecule has 4 heteroatoms. The predicted molar refractivity (Wildman–Crippen MR) is 71.5 cm³/mol. The number of aromatic nitrogens is 2. The molecule has 0 aromatic carbocycles. The van der Waals surface area contributed by atoms with Crippen molar-refractivity contribution in [2.24, 2.45) is 5.92 Å². The van der Waals surface area contributed by atoms with E-state index in [4.69, 9.17) is 11.6 Å². The molecule has 1 unspecified atom stereocenters. The van der Waals surface area contributed by atoms with Crippen molar-refractivity contribution in [1.29, 1.82) is 0 Å². The second kappa shape index (κ2) is 6.45. The van der Waals surface area contributed by atoms with Gasteiger partial charge in [0.05, 0.1) is 0 Å². The molecule has 1 heterocycles. The van der Waals surface area contributed by atoms with Gasteiger partial charge in [-0.3, -0.25) is 0 Å². The molecule has 1 aromatic heterocycles. The highest BCUT2D eigenvalue weighted by Gasteiger charge is 2.08. The summed E-state index contributed by atoms with van der Waals surface area (Å²) in [5.74, 6) is 2.62. The van der Waals surface area contributed by atoms with E-state index in [0.717, 1.165) is 22.3 Å². The van der Waals surface area contributed by atoms with Gasteiger partial charge >= 0.3 is 0 Å². The zero-order valence-corrected chi connectivity index (χ0v) is 11.9. The van der Waals surface area contributed by atoms with E-state index in [1.807, 2.05) is 6.92 Å². The molecule has 1 rings (SSSR count). The van der Waals surface area contributed by atoms with E-state index in [0.29, 0.717) is 17.7 Å². The van der Waals surface area contributed by atoms with Gasteiger partial charge in [-0.2, -0.15) is 0 Å². The Kier molecular flexibility index (Phi) is 5.56. The van der Waals surface area contributed by atoms with Gasteiger partial charge in [0, 0.05) is 23.0 Å². The molecule has 0 saturated carbocycles. The average Bonchev–Trinajstić information content (AvgIpc) is 2.25. The highest BCUT2D eigenvalue weighted by atomic mass is 35.5. The van der Waals surface area contributed by atoms with Crippen LogP contribution in [0.4, 0.5) is 0 Å². The van der Waals surface area contributed by atoms with Crippen LogP contribution in [0.5, 0.6) is 0 Å². The summed E-state index contributed by atoms with van der Waals surface area (Å²) < 4.78 is 0. The molecule has 0 aliphatic rings. The molecule has 0 fully saturated rings. The average molecular weight is 259 g/mol. The number of hydrogen-bond donors (Lipinski definition) is 0. The van der Waals surface area contributed by atoms with Crippen LogP contribution < -0.4 is 0 Å². The van der Waals surface area contributed by atoms with E-state index in [2.05, 4.69) is 36.8 Å². The van der Waals surface area contributed by atoms with Crippen molar-refractivity contribution < 1.29 is 0 Å². The summed E-state index contributed by atoms with van der Waals surface area (Å²) >= 11 is 7.47. The fraction of sp³-hybridized carbons (Fsp3) is 0.667. The standard InChI is InChI=1S/C12H19ClN2S/c1-8(2)11-5-10(4)14-12(15-11)16-7-9(3)6-13/h5,8-9H,6-7H2,1-4H3. The predicted octanol–water partition coefficient (Wildman–Crippen LogP) is 3.88. The van der Waals surface area contributed by atoms with Crippen molar-refractivity contribution in [2.75, 3.05) is 11.6 Å². The molecular weight excluding hydrogens is 240 g/mol. The first kappa shape index (κ1) is 13.8. The van der Waals surface area contributed by atoms with Crippen molar-refractivity contribution in [3.05, 3.63) is 17.5 Å². The third kappa shape index (κ3) is 4.30. The number of aryl methyl sites for hydroxylation is 1. The molecule has 0 radical (unpaired) electrons. The largest absolute Gasteiger partial charge is 0.228 e. The molecule has 0 saturated heterocycles. The Balaban J connectivity index is 2.72. The molecule has 90 valence electrons. The lowest BCUT2D eigenvalue weighted by Crippen LogP contribution is -2.03. The summed E-state index contributed by atoms with van der Waals surface area (Å²) in [6, 6.07) is 2.06. The molecule has 0 aliphatic heterocycles. The smallest absolute Gasteiger partial charge is 0.188 e. The number of alkyl halides is 1. The highest BCUT2D eigenvalue weighted by Crippen LogP contribution is 2.20. The normalized spacial score (nSPS) is 13.1. The Bertz CT molecular complexity index is 342. The van der Waals surface area contributed by atoms with Gasteiger partial charge in [-0.05, 0) is 24.8 Å². The van der Waals surface area contributed by atoms with E-state index in [-0.39, 0.29) is 0 Å². The quantitative estimate of drug-likeness (QED) is 0.455. The van der Waals surface area contributed by atoms with E-state index in [1.54, 1.807) is 11.8 Å². The Morgan fingerprint density at radius 3 is 2.56 bits per heavy atom. The first-order valence-electron chi connectivity index (χ1n) is 5.57. The first-order chi connectivity index (χ1) is 7.52. The van der Waals surface area contributed by atoms with E-state index in [1.165, 1.54) is 0 Å². The van der Waals surface area contributed by atoms with Gasteiger partial charge in [0.25, 0.3) is 0 Å². The fourth-order valence-corrected chi connectivity index (χ4v) is 2.35. The SMILES string of the molecule is Cc1cc(C(C)C)nc(SCC(C)CCl)n1. The van der Waals surface area contributed by atoms with Crippen molar-refractivity contribution >= 4 is 23.4 Å². The van der Waals surface area contributed by atoms with Crippen molar-refractivity contribution in [3.8, 4) is 0 Å². The summed E-state index contributed by atoms with van der Waals surface area (Å²) in [6.07, 6.45) is 0. The van der Waals surface area contributed by atoms with Crippen molar-refractivity contribution in [3.63, 3.8) is 0 Å². The Morgan fingerprint density at radius 1 is 1.31 bits per heavy atom. The number of rotatable bonds is 5. The summed E-state index contributed by atoms with van der Waals surface area (Å²) in [6.45, 7) is 8.46. The summed E-state index contributed by atoms with van der Waals surface area (Å²) in [4.78, 5) is 8.98. The highest BCUT2D eigenvalue weighted by molar-refractivity contribution is 7.99. The summed E-state index contributed by atoms with van der Waals surface area (Å²) in [5, 5.41) is 0.876. The van der Waals surface area contributed by atoms with Crippen molar-refractivity contribution in [2.45, 2.75) is 38.8 Å². The van der Waals surface area contributed by atoms with Crippen LogP contribution in [0.1, 0.15) is 38.1 Å². The van der Waals surface area contributed by atoms with Crippen LogP contribution in [-0.2, 0) is 0 Å². The number of hydrogen-bond acceptors (Lipinski definition) is 3. The number of halogens is 1. The minimum absolute atomic E-state index is 0.450. The Hall–Kier alpha value is -0.280. The Morgan fingerprint density at radius 2 is 2.00 bits per heavy atom. The van der Waals surface area contributed by atoms with Gasteiger partial charge in [0.15, 0.2) is 5.16 Å². The fourth-order valence-electron chi connectivity index (χ4n) is 1.19. The molecule has 0 N–H and O–H groups in total. The Labute approximate surface area is 107 Å². The summed E-state index contributed by atoms with van der Waals surface area (Å²) in [7, 11) is 0. The molecule has 16 heavy (non-hydrogen) atoms. The van der Waals surface area contributed by atoms with Crippen LogP contribution in [0, 0.1) is 12.8 Å². The minimum Gasteiger partial charge on any atom is -0.228 e. The molecule has 1 aromatic rings. The molecular formula is C12H19ClN2S. The molecule has 0 spiro atoms. The van der Waals surface area contributed by atoms with E-state index in [9.17, 15) is 0 Å². The van der Waals surface area contributed by atoms with Gasteiger partial charge in [0.1, 0.15) is 0 Å². The third-order valence-corrected chi connectivity index (χ3v) is 3.91. The van der Waals surface area contributed by atoms with Crippen LogP contribution >= 0.6 is 23.4 Å². The third-order valence-electron chi connectivity index (χ3n) is 2.21. The second-order valence-corrected chi connectivity index (χ2v) is 5.74. The van der Waals surface area contributed by atoms with Gasteiger partial charge in [0.2, 0.25) is 0 Å². The first-order valence-corrected chi connectivity index (χ1v) is 7.09. The second-order valence-electron chi connectivity index (χ2n) is 4.44. The molecule has 1 atom stereocenters. The summed E-state index contributed by atoms with van der Waals surface area (Å²) in [5.41, 5.74) is 2.16. The maximum Gasteiger partial charge on any atom is 0.188 e. The van der Waals surface area contributed by atoms with E-state index >= 15 is 0 Å². The lowest BCUT2D eigenvalue weighted by atomic mass is 10.1. The maximum atomic E-state index is 5.78. The van der Waals surface area contributed by atoms with Gasteiger partial charge in [-0.1, -0.05) is 32.5 Å². The lowest BCUT2D eigenvalue weighted by molar-refractivity contribution is 0.746. The lowest BCUT2D eigenvalue weighted by Gasteiger charge is -2.09. The van der Waals surface area contributed by atoms with Gasteiger partial charge in [-0.25, -0.2) is 9.97 Å².